The second-order valence-electron chi connectivity index (χ2n) is 4.97. The quantitative estimate of drug-likeness (QED) is 0.786. The van der Waals surface area contributed by atoms with Gasteiger partial charge < -0.3 is 4.74 Å². The van der Waals surface area contributed by atoms with E-state index in [1.54, 1.807) is 11.3 Å². The molecular weight excluding hydrogens is 246 g/mol. The summed E-state index contributed by atoms with van der Waals surface area (Å²) in [6.45, 7) is 9.35. The molecule has 1 atom stereocenters. The van der Waals surface area contributed by atoms with Crippen LogP contribution in [0.5, 0.6) is 0 Å². The highest BCUT2D eigenvalue weighted by molar-refractivity contribution is 7.14. The normalized spacial score (nSPS) is 20.6. The minimum atomic E-state index is -0.388. The zero-order valence-corrected chi connectivity index (χ0v) is 12.2. The van der Waals surface area contributed by atoms with E-state index in [0.29, 0.717) is 0 Å². The lowest BCUT2D eigenvalue weighted by atomic mass is 9.89. The number of carbonyl (C=O) groups excluding carboxylic acids is 1. The zero-order chi connectivity index (χ0) is 13.2. The Kier molecular flexibility index (Phi) is 4.20. The monoisotopic (exact) mass is 267 g/mol. The SMILES string of the molecule is CCC(C)(C(=O)c1ccc(C)s1)N1CCOCC1. The Hall–Kier alpha value is -0.710. The summed E-state index contributed by atoms with van der Waals surface area (Å²) in [5.41, 5.74) is -0.388. The molecule has 0 amide bonds. The van der Waals surface area contributed by atoms with Crippen LogP contribution in [0.15, 0.2) is 12.1 Å². The van der Waals surface area contributed by atoms with Gasteiger partial charge in [0.25, 0.3) is 0 Å². The minimum absolute atomic E-state index is 0.255. The van der Waals surface area contributed by atoms with Crippen molar-refractivity contribution in [2.45, 2.75) is 32.7 Å². The molecule has 2 heterocycles. The fourth-order valence-corrected chi connectivity index (χ4v) is 3.34. The van der Waals surface area contributed by atoms with Gasteiger partial charge in [0.1, 0.15) is 0 Å². The molecule has 2 rings (SSSR count). The van der Waals surface area contributed by atoms with Crippen LogP contribution in [-0.4, -0.2) is 42.5 Å². The molecule has 1 fully saturated rings. The van der Waals surface area contributed by atoms with Crippen molar-refractivity contribution in [2.24, 2.45) is 0 Å². The lowest BCUT2D eigenvalue weighted by molar-refractivity contribution is -0.0104. The molecule has 0 spiro atoms. The highest BCUT2D eigenvalue weighted by atomic mass is 32.1. The van der Waals surface area contributed by atoms with E-state index in [2.05, 4.69) is 18.7 Å². The van der Waals surface area contributed by atoms with Gasteiger partial charge in [-0.1, -0.05) is 6.92 Å². The van der Waals surface area contributed by atoms with Crippen molar-refractivity contribution in [3.8, 4) is 0 Å². The molecule has 1 aliphatic rings. The van der Waals surface area contributed by atoms with Gasteiger partial charge in [-0.05, 0) is 32.4 Å². The molecule has 0 N–H and O–H groups in total. The summed E-state index contributed by atoms with van der Waals surface area (Å²) < 4.78 is 5.38. The van der Waals surface area contributed by atoms with Gasteiger partial charge in [0.2, 0.25) is 0 Å². The van der Waals surface area contributed by atoms with Crippen LogP contribution in [-0.2, 0) is 4.74 Å². The van der Waals surface area contributed by atoms with Crippen LogP contribution in [0, 0.1) is 6.92 Å². The largest absolute Gasteiger partial charge is 0.379 e. The minimum Gasteiger partial charge on any atom is -0.379 e. The third kappa shape index (κ3) is 2.51. The van der Waals surface area contributed by atoms with E-state index >= 15 is 0 Å². The van der Waals surface area contributed by atoms with Crippen molar-refractivity contribution in [2.75, 3.05) is 26.3 Å². The van der Waals surface area contributed by atoms with Crippen LogP contribution in [0.3, 0.4) is 0 Å². The molecule has 0 radical (unpaired) electrons. The third-order valence-corrected chi connectivity index (χ3v) is 4.85. The molecule has 1 aromatic rings. The number of rotatable bonds is 4. The summed E-state index contributed by atoms with van der Waals surface area (Å²) in [6, 6.07) is 3.98. The molecule has 1 unspecified atom stereocenters. The predicted molar refractivity (Wildman–Crippen MR) is 74.5 cm³/mol. The summed E-state index contributed by atoms with van der Waals surface area (Å²) in [5.74, 6) is 0.255. The Morgan fingerprint density at radius 3 is 2.61 bits per heavy atom. The van der Waals surface area contributed by atoms with Gasteiger partial charge in [0, 0.05) is 18.0 Å². The second-order valence-corrected chi connectivity index (χ2v) is 6.25. The summed E-state index contributed by atoms with van der Waals surface area (Å²) in [6.07, 6.45) is 0.836. The number of carbonyl (C=O) groups is 1. The second kappa shape index (κ2) is 5.51. The van der Waals surface area contributed by atoms with E-state index in [-0.39, 0.29) is 11.3 Å². The molecule has 100 valence electrons. The highest BCUT2D eigenvalue weighted by Crippen LogP contribution is 2.28. The van der Waals surface area contributed by atoms with Crippen molar-refractivity contribution in [1.82, 2.24) is 4.90 Å². The number of nitrogens with zero attached hydrogens (tertiary/aromatic N) is 1. The Bertz CT molecular complexity index is 423. The van der Waals surface area contributed by atoms with Gasteiger partial charge in [-0.15, -0.1) is 11.3 Å². The van der Waals surface area contributed by atoms with E-state index in [1.165, 1.54) is 4.88 Å². The number of morpholine rings is 1. The molecule has 3 nitrogen and oxygen atoms in total. The third-order valence-electron chi connectivity index (χ3n) is 3.85. The van der Waals surface area contributed by atoms with Gasteiger partial charge >= 0.3 is 0 Å². The van der Waals surface area contributed by atoms with E-state index in [4.69, 9.17) is 4.74 Å². The molecule has 1 saturated heterocycles. The Labute approximate surface area is 113 Å². The first-order chi connectivity index (χ1) is 8.58. The molecule has 4 heteroatoms. The summed E-state index contributed by atoms with van der Waals surface area (Å²) in [5, 5.41) is 0. The van der Waals surface area contributed by atoms with Crippen LogP contribution in [0.4, 0.5) is 0 Å². The smallest absolute Gasteiger partial charge is 0.192 e. The van der Waals surface area contributed by atoms with Gasteiger partial charge in [0.05, 0.1) is 23.6 Å². The number of aryl methyl sites for hydroxylation is 1. The maximum atomic E-state index is 12.7. The molecule has 0 aliphatic carbocycles. The average Bonchev–Trinajstić information content (AvgIpc) is 2.84. The van der Waals surface area contributed by atoms with Crippen molar-refractivity contribution in [3.63, 3.8) is 0 Å². The molecule has 18 heavy (non-hydrogen) atoms. The number of hydrogen-bond donors (Lipinski definition) is 0. The van der Waals surface area contributed by atoms with Crippen molar-refractivity contribution in [1.29, 1.82) is 0 Å². The van der Waals surface area contributed by atoms with Crippen LogP contribution in [0.25, 0.3) is 0 Å². The van der Waals surface area contributed by atoms with Crippen molar-refractivity contribution >= 4 is 17.1 Å². The summed E-state index contributed by atoms with van der Waals surface area (Å²) in [4.78, 5) is 17.1. The number of Topliss-reactive ketones (excluding diaryl/α,β-unsaturated/α-hetero) is 1. The molecule has 1 aromatic heterocycles. The molecule has 0 saturated carbocycles. The Balaban J connectivity index is 2.22. The molecular formula is C14H21NO2S. The maximum Gasteiger partial charge on any atom is 0.192 e. The van der Waals surface area contributed by atoms with E-state index < -0.39 is 0 Å². The van der Waals surface area contributed by atoms with Crippen LogP contribution in [0.2, 0.25) is 0 Å². The molecule has 1 aliphatic heterocycles. The van der Waals surface area contributed by atoms with Gasteiger partial charge in [0.15, 0.2) is 5.78 Å². The topological polar surface area (TPSA) is 29.5 Å². The van der Waals surface area contributed by atoms with Gasteiger partial charge in [-0.25, -0.2) is 0 Å². The zero-order valence-electron chi connectivity index (χ0n) is 11.4. The standard InChI is InChI=1S/C14H21NO2S/c1-4-14(3,15-7-9-17-10-8-15)13(16)12-6-5-11(2)18-12/h5-6H,4,7-10H2,1-3H3. The predicted octanol–water partition coefficient (Wildman–Crippen LogP) is 2.74. The van der Waals surface area contributed by atoms with Crippen LogP contribution >= 0.6 is 11.3 Å². The molecule has 0 bridgehead atoms. The van der Waals surface area contributed by atoms with Crippen molar-refractivity contribution in [3.05, 3.63) is 21.9 Å². The number of hydrogen-bond acceptors (Lipinski definition) is 4. The first kappa shape index (κ1) is 13.7. The lowest BCUT2D eigenvalue weighted by Crippen LogP contribution is -2.55. The molecule has 0 aromatic carbocycles. The van der Waals surface area contributed by atoms with Crippen molar-refractivity contribution < 1.29 is 9.53 Å². The number of ketones is 1. The fourth-order valence-electron chi connectivity index (χ4n) is 2.41. The first-order valence-corrected chi connectivity index (χ1v) is 7.33. The Morgan fingerprint density at radius 1 is 1.44 bits per heavy atom. The number of ether oxygens (including phenoxy) is 1. The number of thiophene rings is 1. The van der Waals surface area contributed by atoms with Crippen LogP contribution < -0.4 is 0 Å². The Morgan fingerprint density at radius 2 is 2.11 bits per heavy atom. The highest BCUT2D eigenvalue weighted by Gasteiger charge is 2.39. The maximum absolute atomic E-state index is 12.7. The van der Waals surface area contributed by atoms with Gasteiger partial charge in [-0.3, -0.25) is 9.69 Å². The lowest BCUT2D eigenvalue weighted by Gasteiger charge is -2.41. The van der Waals surface area contributed by atoms with E-state index in [1.807, 2.05) is 19.1 Å². The average molecular weight is 267 g/mol. The summed E-state index contributed by atoms with van der Waals surface area (Å²) >= 11 is 1.59. The van der Waals surface area contributed by atoms with E-state index in [0.717, 1.165) is 37.6 Å². The fraction of sp³-hybridized carbons (Fsp3) is 0.643. The van der Waals surface area contributed by atoms with Gasteiger partial charge in [-0.2, -0.15) is 0 Å². The van der Waals surface area contributed by atoms with Crippen LogP contribution in [0.1, 0.15) is 34.8 Å². The van der Waals surface area contributed by atoms with E-state index in [9.17, 15) is 4.79 Å². The summed E-state index contributed by atoms with van der Waals surface area (Å²) in [7, 11) is 0. The first-order valence-electron chi connectivity index (χ1n) is 6.52.